The van der Waals surface area contributed by atoms with Gasteiger partial charge in [-0.15, -0.1) is 0 Å². The highest BCUT2D eigenvalue weighted by Gasteiger charge is 2.42. The first kappa shape index (κ1) is 21.1. The number of aryl methyl sites for hydroxylation is 1. The van der Waals surface area contributed by atoms with Crippen LogP contribution in [0.5, 0.6) is 0 Å². The van der Waals surface area contributed by atoms with E-state index in [1.54, 1.807) is 18.0 Å². The Kier molecular flexibility index (Phi) is 5.91. The van der Waals surface area contributed by atoms with Gasteiger partial charge in [0.25, 0.3) is 0 Å². The first-order chi connectivity index (χ1) is 15.6. The van der Waals surface area contributed by atoms with Gasteiger partial charge in [0, 0.05) is 21.8 Å². The SMILES string of the molecule is Cc1ccc(N2C(=S)N[C@H](c3ccccn3)[C@H]2c2ccc(Sc3ccc(Cl)cc3)o2)cc1. The maximum atomic E-state index is 6.34. The van der Waals surface area contributed by atoms with Gasteiger partial charge < -0.3 is 14.6 Å². The lowest BCUT2D eigenvalue weighted by Gasteiger charge is -2.26. The average molecular weight is 478 g/mol. The van der Waals surface area contributed by atoms with Crippen molar-refractivity contribution in [3.63, 3.8) is 0 Å². The van der Waals surface area contributed by atoms with Crippen molar-refractivity contribution in [2.75, 3.05) is 4.90 Å². The molecule has 3 heterocycles. The van der Waals surface area contributed by atoms with Crippen molar-refractivity contribution in [3.05, 3.63) is 107 Å². The number of furan rings is 1. The Morgan fingerprint density at radius 2 is 1.78 bits per heavy atom. The van der Waals surface area contributed by atoms with Gasteiger partial charge in [-0.3, -0.25) is 4.98 Å². The Morgan fingerprint density at radius 1 is 1.00 bits per heavy atom. The number of hydrogen-bond acceptors (Lipinski definition) is 4. The lowest BCUT2D eigenvalue weighted by Crippen LogP contribution is -2.29. The lowest BCUT2D eigenvalue weighted by atomic mass is 10.0. The first-order valence-corrected chi connectivity index (χ1v) is 11.8. The summed E-state index contributed by atoms with van der Waals surface area (Å²) in [6, 6.07) is 25.7. The summed E-state index contributed by atoms with van der Waals surface area (Å²) < 4.78 is 6.34. The van der Waals surface area contributed by atoms with E-state index < -0.39 is 0 Å². The molecule has 0 unspecified atom stereocenters. The molecule has 0 bridgehead atoms. The summed E-state index contributed by atoms with van der Waals surface area (Å²) in [7, 11) is 0. The third-order valence-corrected chi connectivity index (χ3v) is 6.83. The second-order valence-corrected chi connectivity index (χ2v) is 9.45. The van der Waals surface area contributed by atoms with Crippen molar-refractivity contribution < 1.29 is 4.42 Å². The fraction of sp³-hybridized carbons (Fsp3) is 0.120. The van der Waals surface area contributed by atoms with Crippen molar-refractivity contribution >= 4 is 46.4 Å². The highest BCUT2D eigenvalue weighted by molar-refractivity contribution is 7.99. The molecule has 0 saturated carbocycles. The Hall–Kier alpha value is -2.80. The quantitative estimate of drug-likeness (QED) is 0.313. The molecule has 1 N–H and O–H groups in total. The molecule has 32 heavy (non-hydrogen) atoms. The molecule has 2 aromatic heterocycles. The molecule has 1 fully saturated rings. The predicted octanol–water partition coefficient (Wildman–Crippen LogP) is 6.96. The van der Waals surface area contributed by atoms with Crippen molar-refractivity contribution in [1.82, 2.24) is 10.3 Å². The van der Waals surface area contributed by atoms with E-state index in [1.165, 1.54) is 5.56 Å². The van der Waals surface area contributed by atoms with Crippen LogP contribution in [0.1, 0.15) is 29.1 Å². The van der Waals surface area contributed by atoms with Gasteiger partial charge in [-0.1, -0.05) is 47.1 Å². The van der Waals surface area contributed by atoms with Gasteiger partial charge in [0.2, 0.25) is 0 Å². The lowest BCUT2D eigenvalue weighted by molar-refractivity contribution is 0.383. The Balaban J connectivity index is 1.52. The van der Waals surface area contributed by atoms with Crippen LogP contribution >= 0.6 is 35.6 Å². The molecule has 4 aromatic rings. The van der Waals surface area contributed by atoms with Crippen LogP contribution in [0.4, 0.5) is 5.69 Å². The van der Waals surface area contributed by atoms with Crippen LogP contribution in [0.2, 0.25) is 5.02 Å². The van der Waals surface area contributed by atoms with Gasteiger partial charge in [0.15, 0.2) is 10.2 Å². The van der Waals surface area contributed by atoms with Gasteiger partial charge in [-0.25, -0.2) is 0 Å². The molecule has 0 aliphatic carbocycles. The summed E-state index contributed by atoms with van der Waals surface area (Å²) in [6.07, 6.45) is 1.80. The number of nitrogens with one attached hydrogen (secondary N) is 1. The monoisotopic (exact) mass is 477 g/mol. The van der Waals surface area contributed by atoms with Crippen molar-refractivity contribution in [2.45, 2.75) is 29.0 Å². The number of halogens is 1. The van der Waals surface area contributed by atoms with Gasteiger partial charge in [0.1, 0.15) is 11.8 Å². The summed E-state index contributed by atoms with van der Waals surface area (Å²) >= 11 is 13.3. The summed E-state index contributed by atoms with van der Waals surface area (Å²) in [5.41, 5.74) is 3.13. The number of hydrogen-bond donors (Lipinski definition) is 1. The third-order valence-electron chi connectivity index (χ3n) is 5.34. The zero-order valence-electron chi connectivity index (χ0n) is 17.2. The fourth-order valence-corrected chi connectivity index (χ4v) is 5.04. The molecule has 0 radical (unpaired) electrons. The van der Waals surface area contributed by atoms with Crippen molar-refractivity contribution in [2.24, 2.45) is 0 Å². The van der Waals surface area contributed by atoms with Crippen LogP contribution in [0.15, 0.2) is 99.5 Å². The molecule has 0 amide bonds. The number of pyridine rings is 1. The fourth-order valence-electron chi connectivity index (χ4n) is 3.79. The molecular weight excluding hydrogens is 458 g/mol. The molecule has 2 atom stereocenters. The van der Waals surface area contributed by atoms with E-state index in [0.29, 0.717) is 10.1 Å². The van der Waals surface area contributed by atoms with Crippen LogP contribution < -0.4 is 10.2 Å². The van der Waals surface area contributed by atoms with Crippen LogP contribution in [-0.4, -0.2) is 10.1 Å². The van der Waals surface area contributed by atoms with E-state index >= 15 is 0 Å². The minimum absolute atomic E-state index is 0.135. The van der Waals surface area contributed by atoms with Gasteiger partial charge >= 0.3 is 0 Å². The van der Waals surface area contributed by atoms with E-state index in [9.17, 15) is 0 Å². The van der Waals surface area contributed by atoms with Crippen molar-refractivity contribution in [3.8, 4) is 0 Å². The Labute approximate surface area is 201 Å². The normalized spacial score (nSPS) is 18.1. The summed E-state index contributed by atoms with van der Waals surface area (Å²) in [5, 5.41) is 5.64. The summed E-state index contributed by atoms with van der Waals surface area (Å²) in [4.78, 5) is 7.76. The van der Waals surface area contributed by atoms with Crippen molar-refractivity contribution in [1.29, 1.82) is 0 Å². The van der Waals surface area contributed by atoms with Crippen LogP contribution in [-0.2, 0) is 0 Å². The van der Waals surface area contributed by atoms with E-state index in [4.69, 9.17) is 28.2 Å². The Bertz CT molecular complexity index is 1230. The number of anilines is 1. The third kappa shape index (κ3) is 4.26. The average Bonchev–Trinajstić information content (AvgIpc) is 3.40. The molecule has 4 nitrogen and oxygen atoms in total. The van der Waals surface area contributed by atoms with E-state index in [0.717, 1.165) is 27.1 Å². The van der Waals surface area contributed by atoms with Gasteiger partial charge in [-0.05, 0) is 79.8 Å². The standard InChI is InChI=1S/C25H20ClN3OS2/c1-16-5-9-18(10-6-16)29-24(23(28-25(29)31)20-4-2-3-15-27-20)21-13-14-22(30-21)32-19-11-7-17(26)8-12-19/h2-15,23-24H,1H3,(H,28,31)/t23-,24-/m1/s1. The number of benzene rings is 2. The first-order valence-electron chi connectivity index (χ1n) is 10.2. The molecule has 160 valence electrons. The van der Waals surface area contributed by atoms with Crippen LogP contribution in [0.25, 0.3) is 0 Å². The van der Waals surface area contributed by atoms with Gasteiger partial charge in [-0.2, -0.15) is 0 Å². The highest BCUT2D eigenvalue weighted by Crippen LogP contribution is 2.43. The summed E-state index contributed by atoms with van der Waals surface area (Å²) in [5.74, 6) is 0.824. The van der Waals surface area contributed by atoms with E-state index in [-0.39, 0.29) is 12.1 Å². The predicted molar refractivity (Wildman–Crippen MR) is 133 cm³/mol. The minimum Gasteiger partial charge on any atom is -0.452 e. The second kappa shape index (κ2) is 8.98. The molecule has 1 saturated heterocycles. The van der Waals surface area contributed by atoms with E-state index in [2.05, 4.69) is 46.4 Å². The minimum atomic E-state index is -0.167. The number of aromatic nitrogens is 1. The van der Waals surface area contributed by atoms with E-state index in [1.807, 2.05) is 54.6 Å². The number of rotatable bonds is 5. The number of nitrogens with zero attached hydrogens (tertiary/aromatic N) is 2. The number of thiocarbonyl (C=S) groups is 1. The molecule has 2 aromatic carbocycles. The zero-order chi connectivity index (χ0) is 22.1. The molecule has 1 aliphatic rings. The smallest absolute Gasteiger partial charge is 0.174 e. The zero-order valence-corrected chi connectivity index (χ0v) is 19.6. The summed E-state index contributed by atoms with van der Waals surface area (Å²) in [6.45, 7) is 2.07. The second-order valence-electron chi connectivity index (χ2n) is 7.54. The maximum Gasteiger partial charge on any atom is 0.174 e. The van der Waals surface area contributed by atoms with Crippen LogP contribution in [0.3, 0.4) is 0 Å². The Morgan fingerprint density at radius 3 is 2.50 bits per heavy atom. The maximum absolute atomic E-state index is 6.34. The molecule has 1 aliphatic heterocycles. The van der Waals surface area contributed by atoms with Crippen LogP contribution in [0, 0.1) is 6.92 Å². The van der Waals surface area contributed by atoms with Gasteiger partial charge in [0.05, 0.1) is 11.7 Å². The molecule has 7 heteroatoms. The molecule has 5 rings (SSSR count). The molecular formula is C25H20ClN3OS2. The topological polar surface area (TPSA) is 41.3 Å². The highest BCUT2D eigenvalue weighted by atomic mass is 35.5. The largest absolute Gasteiger partial charge is 0.452 e. The molecule has 0 spiro atoms.